The first kappa shape index (κ1) is 19.2. The molecule has 142 valence electrons. The summed E-state index contributed by atoms with van der Waals surface area (Å²) in [5.74, 6) is 0.725. The third-order valence-corrected chi connectivity index (χ3v) is 6.38. The monoisotopic (exact) mass is 385 g/mol. The van der Waals surface area contributed by atoms with Gasteiger partial charge < -0.3 is 9.64 Å². The maximum absolute atomic E-state index is 12.3. The molecule has 1 atom stereocenters. The van der Waals surface area contributed by atoms with E-state index < -0.39 is 9.84 Å². The first-order valence-corrected chi connectivity index (χ1v) is 10.7. The van der Waals surface area contributed by atoms with Gasteiger partial charge in [-0.05, 0) is 35.8 Å². The molecule has 3 rings (SSSR count). The minimum Gasteiger partial charge on any atom is -0.489 e. The number of hydrogen-bond donors (Lipinski definition) is 0. The molecule has 1 amide bonds. The van der Waals surface area contributed by atoms with E-state index in [9.17, 15) is 13.2 Å². The van der Waals surface area contributed by atoms with Crippen LogP contribution in [-0.2, 0) is 21.2 Å². The Balaban J connectivity index is 1.59. The van der Waals surface area contributed by atoms with Gasteiger partial charge in [0.15, 0.2) is 9.84 Å². The summed E-state index contributed by atoms with van der Waals surface area (Å²) in [6, 6.07) is 17.2. The fourth-order valence-corrected chi connectivity index (χ4v) is 4.77. The largest absolute Gasteiger partial charge is 0.489 e. The van der Waals surface area contributed by atoms with Crippen molar-refractivity contribution in [3.63, 3.8) is 0 Å². The highest BCUT2D eigenvalue weighted by Crippen LogP contribution is 2.18. The number of hydrogen-bond acceptors (Lipinski definition) is 4. The van der Waals surface area contributed by atoms with Crippen molar-refractivity contribution in [2.24, 2.45) is 0 Å². The molecule has 1 unspecified atom stereocenters. The molecule has 0 radical (unpaired) electrons. The molecule has 5 nitrogen and oxygen atoms in total. The number of ether oxygens (including phenoxy) is 1. The molecule has 0 spiro atoms. The lowest BCUT2D eigenvalue weighted by atomic mass is 10.2. The second-order valence-corrected chi connectivity index (χ2v) is 8.91. The van der Waals surface area contributed by atoms with E-state index in [0.717, 1.165) is 16.9 Å². The Bertz CT molecular complexity index is 922. The number of rotatable bonds is 6. The molecule has 1 aliphatic heterocycles. The van der Waals surface area contributed by atoms with Gasteiger partial charge in [0.25, 0.3) is 0 Å². The van der Waals surface area contributed by atoms with Crippen molar-refractivity contribution >= 4 is 21.8 Å². The fraction of sp³-hybridized carbons (Fsp3) is 0.286. The minimum absolute atomic E-state index is 0.0475. The molecule has 0 aromatic heterocycles. The quantitative estimate of drug-likeness (QED) is 0.717. The van der Waals surface area contributed by atoms with Gasteiger partial charge >= 0.3 is 0 Å². The Morgan fingerprint density at radius 3 is 2.67 bits per heavy atom. The van der Waals surface area contributed by atoms with Crippen LogP contribution in [0, 0.1) is 0 Å². The van der Waals surface area contributed by atoms with E-state index in [4.69, 9.17) is 4.74 Å². The first-order valence-electron chi connectivity index (χ1n) is 8.85. The summed E-state index contributed by atoms with van der Waals surface area (Å²) in [6.45, 7) is 0.478. The molecule has 2 aromatic carbocycles. The summed E-state index contributed by atoms with van der Waals surface area (Å²) in [5, 5.41) is 0. The topological polar surface area (TPSA) is 63.7 Å². The number of benzene rings is 2. The molecule has 1 heterocycles. The highest BCUT2D eigenvalue weighted by atomic mass is 32.2. The zero-order chi connectivity index (χ0) is 19.3. The van der Waals surface area contributed by atoms with Crippen LogP contribution >= 0.6 is 0 Å². The Hall–Kier alpha value is -2.60. The van der Waals surface area contributed by atoms with Gasteiger partial charge in [0.1, 0.15) is 12.4 Å². The van der Waals surface area contributed by atoms with E-state index in [2.05, 4.69) is 0 Å². The van der Waals surface area contributed by atoms with Crippen molar-refractivity contribution in [2.45, 2.75) is 19.1 Å². The van der Waals surface area contributed by atoms with Crippen molar-refractivity contribution in [3.8, 4) is 5.75 Å². The third kappa shape index (κ3) is 5.44. The van der Waals surface area contributed by atoms with E-state index in [-0.39, 0.29) is 23.5 Å². The van der Waals surface area contributed by atoms with Crippen molar-refractivity contribution in [1.29, 1.82) is 0 Å². The van der Waals surface area contributed by atoms with Gasteiger partial charge in [0.2, 0.25) is 5.91 Å². The standard InChI is InChI=1S/C21H23NO4S/c1-22(19-12-13-27(24,25)16-19)21(23)11-10-17-8-5-9-20(14-17)26-15-18-6-3-2-4-7-18/h2-11,14,19H,12-13,15-16H2,1H3. The lowest BCUT2D eigenvalue weighted by Gasteiger charge is -2.21. The van der Waals surface area contributed by atoms with Crippen LogP contribution in [0.4, 0.5) is 0 Å². The molecule has 0 aliphatic carbocycles. The Morgan fingerprint density at radius 1 is 1.19 bits per heavy atom. The molecule has 0 N–H and O–H groups in total. The van der Waals surface area contributed by atoms with Gasteiger partial charge in [-0.1, -0.05) is 42.5 Å². The smallest absolute Gasteiger partial charge is 0.246 e. The van der Waals surface area contributed by atoms with Crippen LogP contribution in [0.15, 0.2) is 60.7 Å². The zero-order valence-electron chi connectivity index (χ0n) is 15.2. The molecular weight excluding hydrogens is 362 g/mol. The molecule has 0 bridgehead atoms. The van der Waals surface area contributed by atoms with Gasteiger partial charge in [0.05, 0.1) is 11.5 Å². The van der Waals surface area contributed by atoms with Crippen molar-refractivity contribution in [1.82, 2.24) is 4.90 Å². The van der Waals surface area contributed by atoms with E-state index >= 15 is 0 Å². The van der Waals surface area contributed by atoms with E-state index in [0.29, 0.717) is 13.0 Å². The molecule has 1 fully saturated rings. The Labute approximate surface area is 160 Å². The average molecular weight is 385 g/mol. The summed E-state index contributed by atoms with van der Waals surface area (Å²) < 4.78 is 29.0. The summed E-state index contributed by atoms with van der Waals surface area (Å²) in [4.78, 5) is 13.8. The number of nitrogens with zero attached hydrogens (tertiary/aromatic N) is 1. The summed E-state index contributed by atoms with van der Waals surface area (Å²) >= 11 is 0. The number of carbonyl (C=O) groups excluding carboxylic acids is 1. The van der Waals surface area contributed by atoms with Gasteiger partial charge in [0, 0.05) is 19.2 Å². The molecular formula is C21H23NO4S. The van der Waals surface area contributed by atoms with E-state index in [1.54, 1.807) is 13.1 Å². The number of sulfone groups is 1. The fourth-order valence-electron chi connectivity index (χ4n) is 2.99. The van der Waals surface area contributed by atoms with E-state index in [1.807, 2.05) is 54.6 Å². The minimum atomic E-state index is -3.01. The summed E-state index contributed by atoms with van der Waals surface area (Å²) in [7, 11) is -1.36. The zero-order valence-corrected chi connectivity index (χ0v) is 16.1. The summed E-state index contributed by atoms with van der Waals surface area (Å²) in [6.07, 6.45) is 3.69. The molecule has 0 saturated carbocycles. The second kappa shape index (κ2) is 8.39. The van der Waals surface area contributed by atoms with Crippen LogP contribution < -0.4 is 4.74 Å². The second-order valence-electron chi connectivity index (χ2n) is 6.69. The lowest BCUT2D eigenvalue weighted by molar-refractivity contribution is -0.126. The van der Waals surface area contributed by atoms with Gasteiger partial charge in [-0.15, -0.1) is 0 Å². The molecule has 1 saturated heterocycles. The first-order chi connectivity index (χ1) is 12.9. The molecule has 6 heteroatoms. The Morgan fingerprint density at radius 2 is 1.96 bits per heavy atom. The normalized spacial score (nSPS) is 18.5. The molecule has 27 heavy (non-hydrogen) atoms. The van der Waals surface area contributed by atoms with Crippen LogP contribution in [0.5, 0.6) is 5.75 Å². The number of amides is 1. The maximum Gasteiger partial charge on any atom is 0.246 e. The highest BCUT2D eigenvalue weighted by molar-refractivity contribution is 7.91. The van der Waals surface area contributed by atoms with Gasteiger partial charge in [-0.25, -0.2) is 8.42 Å². The van der Waals surface area contributed by atoms with Crippen LogP contribution in [0.2, 0.25) is 0 Å². The van der Waals surface area contributed by atoms with Crippen LogP contribution in [-0.4, -0.2) is 43.8 Å². The van der Waals surface area contributed by atoms with Crippen LogP contribution in [0.25, 0.3) is 6.08 Å². The third-order valence-electron chi connectivity index (χ3n) is 4.63. The van der Waals surface area contributed by atoms with Crippen LogP contribution in [0.1, 0.15) is 17.5 Å². The number of carbonyl (C=O) groups is 1. The van der Waals surface area contributed by atoms with Crippen molar-refractivity contribution in [3.05, 3.63) is 71.8 Å². The lowest BCUT2D eigenvalue weighted by Crippen LogP contribution is -2.36. The van der Waals surface area contributed by atoms with Crippen LogP contribution in [0.3, 0.4) is 0 Å². The Kier molecular flexibility index (Phi) is 5.96. The van der Waals surface area contributed by atoms with E-state index in [1.165, 1.54) is 11.0 Å². The SMILES string of the molecule is CN(C(=O)C=Cc1cccc(OCc2ccccc2)c1)C1CCS(=O)(=O)C1. The van der Waals surface area contributed by atoms with Gasteiger partial charge in [-0.2, -0.15) is 0 Å². The van der Waals surface area contributed by atoms with Gasteiger partial charge in [-0.3, -0.25) is 4.79 Å². The van der Waals surface area contributed by atoms with Crippen molar-refractivity contribution in [2.75, 3.05) is 18.6 Å². The highest BCUT2D eigenvalue weighted by Gasteiger charge is 2.31. The average Bonchev–Trinajstić information content (AvgIpc) is 3.05. The summed E-state index contributed by atoms with van der Waals surface area (Å²) in [5.41, 5.74) is 1.93. The predicted molar refractivity (Wildman–Crippen MR) is 106 cm³/mol. The maximum atomic E-state index is 12.3. The molecule has 2 aromatic rings. The predicted octanol–water partition coefficient (Wildman–Crippen LogP) is 2.92. The number of likely N-dealkylation sites (N-methyl/N-ethyl adjacent to an activating group) is 1. The van der Waals surface area contributed by atoms with Crippen molar-refractivity contribution < 1.29 is 17.9 Å². The molecule has 1 aliphatic rings.